The maximum absolute atomic E-state index is 13.1. The Labute approximate surface area is 147 Å². The molecule has 1 heterocycles. The van der Waals surface area contributed by atoms with E-state index in [4.69, 9.17) is 4.74 Å². The monoisotopic (exact) mass is 338 g/mol. The van der Waals surface area contributed by atoms with Gasteiger partial charge in [0.15, 0.2) is 0 Å². The van der Waals surface area contributed by atoms with E-state index in [0.717, 1.165) is 24.9 Å². The summed E-state index contributed by atoms with van der Waals surface area (Å²) in [6.07, 6.45) is 2.52. The minimum atomic E-state index is -0.521. The summed E-state index contributed by atoms with van der Waals surface area (Å²) >= 11 is 0. The van der Waals surface area contributed by atoms with E-state index in [1.165, 1.54) is 5.56 Å². The van der Waals surface area contributed by atoms with Gasteiger partial charge in [0.2, 0.25) is 0 Å². The molecule has 0 saturated heterocycles. The number of amides is 2. The van der Waals surface area contributed by atoms with Crippen LogP contribution in [0, 0.1) is 0 Å². The SMILES string of the molecule is CCOC(=O)Nc1cccc(C(=O)N2CCCCc3ccccc32)c1. The first-order chi connectivity index (χ1) is 12.2. The number of nitrogens with zero attached hydrogens (tertiary/aromatic N) is 1. The van der Waals surface area contributed by atoms with Crippen molar-refractivity contribution in [2.24, 2.45) is 0 Å². The molecule has 0 spiro atoms. The molecule has 25 heavy (non-hydrogen) atoms. The van der Waals surface area contributed by atoms with Crippen LogP contribution in [0.4, 0.5) is 16.2 Å². The minimum absolute atomic E-state index is 0.0538. The summed E-state index contributed by atoms with van der Waals surface area (Å²) in [4.78, 5) is 26.5. The largest absolute Gasteiger partial charge is 0.450 e. The second-order valence-electron chi connectivity index (χ2n) is 5.97. The van der Waals surface area contributed by atoms with Crippen LogP contribution in [0.5, 0.6) is 0 Å². The molecule has 0 fully saturated rings. The molecule has 0 saturated carbocycles. The van der Waals surface area contributed by atoms with Crippen molar-refractivity contribution in [2.75, 3.05) is 23.4 Å². The molecular weight excluding hydrogens is 316 g/mol. The smallest absolute Gasteiger partial charge is 0.411 e. The Morgan fingerprint density at radius 1 is 1.12 bits per heavy atom. The zero-order valence-corrected chi connectivity index (χ0v) is 14.3. The fourth-order valence-corrected chi connectivity index (χ4v) is 3.07. The number of rotatable bonds is 3. The number of carbonyl (C=O) groups is 2. The summed E-state index contributed by atoms with van der Waals surface area (Å²) < 4.78 is 4.88. The fraction of sp³-hybridized carbons (Fsp3) is 0.300. The van der Waals surface area contributed by atoms with Crippen LogP contribution in [0.25, 0.3) is 0 Å². The second-order valence-corrected chi connectivity index (χ2v) is 5.97. The molecule has 0 bridgehead atoms. The number of fused-ring (bicyclic) bond motifs is 1. The van der Waals surface area contributed by atoms with Crippen LogP contribution in [-0.4, -0.2) is 25.2 Å². The zero-order chi connectivity index (χ0) is 17.6. The van der Waals surface area contributed by atoms with Gasteiger partial charge in [-0.15, -0.1) is 0 Å². The van der Waals surface area contributed by atoms with Crippen molar-refractivity contribution in [3.05, 3.63) is 59.7 Å². The molecule has 3 rings (SSSR count). The van der Waals surface area contributed by atoms with Gasteiger partial charge in [0.05, 0.1) is 6.61 Å². The Morgan fingerprint density at radius 3 is 2.80 bits per heavy atom. The average molecular weight is 338 g/mol. The number of anilines is 2. The van der Waals surface area contributed by atoms with Crippen LogP contribution >= 0.6 is 0 Å². The number of carbonyl (C=O) groups excluding carboxylic acids is 2. The standard InChI is InChI=1S/C20H22N2O3/c1-2-25-20(24)21-17-11-7-10-16(14-17)19(23)22-13-6-5-9-15-8-3-4-12-18(15)22/h3-4,7-8,10-12,14H,2,5-6,9,13H2,1H3,(H,21,24). The molecule has 0 aliphatic carbocycles. The number of ether oxygens (including phenoxy) is 1. The van der Waals surface area contributed by atoms with Crippen LogP contribution in [0.1, 0.15) is 35.7 Å². The Kier molecular flexibility index (Phi) is 5.33. The third kappa shape index (κ3) is 3.99. The van der Waals surface area contributed by atoms with E-state index >= 15 is 0 Å². The summed E-state index contributed by atoms with van der Waals surface area (Å²) in [6, 6.07) is 15.0. The highest BCUT2D eigenvalue weighted by Gasteiger charge is 2.22. The first kappa shape index (κ1) is 17.0. The van der Waals surface area contributed by atoms with E-state index in [9.17, 15) is 9.59 Å². The number of aryl methyl sites for hydroxylation is 1. The van der Waals surface area contributed by atoms with E-state index in [-0.39, 0.29) is 5.91 Å². The number of hydrogen-bond donors (Lipinski definition) is 1. The average Bonchev–Trinajstić information content (AvgIpc) is 2.84. The predicted octanol–water partition coefficient (Wildman–Crippen LogP) is 4.24. The van der Waals surface area contributed by atoms with Crippen LogP contribution in [0.3, 0.4) is 0 Å². The lowest BCUT2D eigenvalue weighted by molar-refractivity contribution is 0.0987. The summed E-state index contributed by atoms with van der Waals surface area (Å²) in [5.41, 5.74) is 3.28. The van der Waals surface area contributed by atoms with Crippen molar-refractivity contribution in [1.82, 2.24) is 0 Å². The molecule has 1 aliphatic heterocycles. The third-order valence-corrected chi connectivity index (χ3v) is 4.24. The van der Waals surface area contributed by atoms with Crippen LogP contribution in [-0.2, 0) is 11.2 Å². The van der Waals surface area contributed by atoms with Gasteiger partial charge in [-0.2, -0.15) is 0 Å². The third-order valence-electron chi connectivity index (χ3n) is 4.24. The van der Waals surface area contributed by atoms with Gasteiger partial charge in [-0.3, -0.25) is 10.1 Å². The quantitative estimate of drug-likeness (QED) is 0.911. The number of para-hydroxylation sites is 1. The summed E-state index contributed by atoms with van der Waals surface area (Å²) in [5.74, 6) is -0.0538. The van der Waals surface area contributed by atoms with Crippen molar-refractivity contribution in [1.29, 1.82) is 0 Å². The highest BCUT2D eigenvalue weighted by molar-refractivity contribution is 6.07. The molecule has 5 heteroatoms. The second kappa shape index (κ2) is 7.83. The number of hydrogen-bond acceptors (Lipinski definition) is 3. The van der Waals surface area contributed by atoms with Crippen LogP contribution in [0.15, 0.2) is 48.5 Å². The lowest BCUT2D eigenvalue weighted by atomic mass is 10.1. The Bertz CT molecular complexity index is 773. The highest BCUT2D eigenvalue weighted by Crippen LogP contribution is 2.28. The lowest BCUT2D eigenvalue weighted by Gasteiger charge is -2.23. The molecule has 0 atom stereocenters. The van der Waals surface area contributed by atoms with E-state index in [0.29, 0.717) is 24.4 Å². The first-order valence-corrected chi connectivity index (χ1v) is 8.62. The maximum atomic E-state index is 13.1. The number of nitrogens with one attached hydrogen (secondary N) is 1. The molecule has 1 N–H and O–H groups in total. The number of benzene rings is 2. The van der Waals surface area contributed by atoms with Gasteiger partial charge < -0.3 is 9.64 Å². The molecular formula is C20H22N2O3. The molecule has 1 aliphatic rings. The molecule has 0 aromatic heterocycles. The van der Waals surface area contributed by atoms with Crippen molar-refractivity contribution in [3.63, 3.8) is 0 Å². The van der Waals surface area contributed by atoms with Crippen LogP contribution < -0.4 is 10.2 Å². The van der Waals surface area contributed by atoms with Crippen molar-refractivity contribution >= 4 is 23.4 Å². The van der Waals surface area contributed by atoms with Crippen molar-refractivity contribution in [2.45, 2.75) is 26.2 Å². The Balaban J connectivity index is 1.85. The molecule has 0 radical (unpaired) electrons. The topological polar surface area (TPSA) is 58.6 Å². The fourth-order valence-electron chi connectivity index (χ4n) is 3.07. The molecule has 2 amide bonds. The van der Waals surface area contributed by atoms with Gasteiger partial charge in [0, 0.05) is 23.5 Å². The predicted molar refractivity (Wildman–Crippen MR) is 98.1 cm³/mol. The van der Waals surface area contributed by atoms with E-state index in [1.54, 1.807) is 31.2 Å². The summed E-state index contributed by atoms with van der Waals surface area (Å²) in [7, 11) is 0. The van der Waals surface area contributed by atoms with Gasteiger partial charge >= 0.3 is 6.09 Å². The van der Waals surface area contributed by atoms with E-state index < -0.39 is 6.09 Å². The highest BCUT2D eigenvalue weighted by atomic mass is 16.5. The van der Waals surface area contributed by atoms with Gasteiger partial charge in [0.25, 0.3) is 5.91 Å². The molecule has 2 aromatic rings. The Hall–Kier alpha value is -2.82. The van der Waals surface area contributed by atoms with E-state index in [2.05, 4.69) is 11.4 Å². The van der Waals surface area contributed by atoms with Gasteiger partial charge in [-0.1, -0.05) is 24.3 Å². The molecule has 130 valence electrons. The Morgan fingerprint density at radius 2 is 1.96 bits per heavy atom. The molecule has 0 unspecified atom stereocenters. The molecule has 2 aromatic carbocycles. The zero-order valence-electron chi connectivity index (χ0n) is 14.3. The lowest BCUT2D eigenvalue weighted by Crippen LogP contribution is -2.31. The van der Waals surface area contributed by atoms with Crippen molar-refractivity contribution < 1.29 is 14.3 Å². The summed E-state index contributed by atoms with van der Waals surface area (Å²) in [5, 5.41) is 2.64. The van der Waals surface area contributed by atoms with Gasteiger partial charge in [-0.25, -0.2) is 4.79 Å². The summed E-state index contributed by atoms with van der Waals surface area (Å²) in [6.45, 7) is 2.75. The van der Waals surface area contributed by atoms with Gasteiger partial charge in [-0.05, 0) is 56.0 Å². The minimum Gasteiger partial charge on any atom is -0.450 e. The van der Waals surface area contributed by atoms with E-state index in [1.807, 2.05) is 23.1 Å². The van der Waals surface area contributed by atoms with Crippen LogP contribution in [0.2, 0.25) is 0 Å². The first-order valence-electron chi connectivity index (χ1n) is 8.62. The van der Waals surface area contributed by atoms with Crippen molar-refractivity contribution in [3.8, 4) is 0 Å². The molecule has 5 nitrogen and oxygen atoms in total. The van der Waals surface area contributed by atoms with Gasteiger partial charge in [0.1, 0.15) is 0 Å². The normalized spacial score (nSPS) is 13.6. The maximum Gasteiger partial charge on any atom is 0.411 e.